The van der Waals surface area contributed by atoms with E-state index >= 15 is 0 Å². The number of nitrogens with zero attached hydrogens (tertiary/aromatic N) is 1. The number of Topliss-reactive ketones (excluding diaryl/α,β-unsaturated/α-hetero) is 1. The standard InChI is InChI=1S/C25H24ClNO5S/c1-15-10-19(22(28)14-31-25(29)20-11-18(33-3)8-9-21(20)26)16(2)27(15)12-17-13-30-23-6-4-5-7-24(23)32-17/h4-11,17H,12-14H2,1-3H3. The van der Waals surface area contributed by atoms with Gasteiger partial charge in [0.1, 0.15) is 6.61 Å². The molecule has 3 aromatic rings. The number of hydrogen-bond acceptors (Lipinski definition) is 6. The summed E-state index contributed by atoms with van der Waals surface area (Å²) in [5.41, 5.74) is 2.47. The van der Waals surface area contributed by atoms with E-state index in [4.69, 9.17) is 25.8 Å². The van der Waals surface area contributed by atoms with Crippen LogP contribution in [0.5, 0.6) is 11.5 Å². The van der Waals surface area contributed by atoms with Crippen LogP contribution in [0.3, 0.4) is 0 Å². The van der Waals surface area contributed by atoms with Crippen molar-refractivity contribution in [2.45, 2.75) is 31.4 Å². The van der Waals surface area contributed by atoms with Crippen molar-refractivity contribution in [3.05, 3.63) is 76.1 Å². The molecular formula is C25H24ClNO5S. The molecule has 33 heavy (non-hydrogen) atoms. The third-order valence-electron chi connectivity index (χ3n) is 5.56. The van der Waals surface area contributed by atoms with Gasteiger partial charge in [0.2, 0.25) is 5.78 Å². The fourth-order valence-corrected chi connectivity index (χ4v) is 4.43. The van der Waals surface area contributed by atoms with E-state index in [2.05, 4.69) is 0 Å². The molecule has 0 bridgehead atoms. The second kappa shape index (κ2) is 9.93. The van der Waals surface area contributed by atoms with Gasteiger partial charge in [0, 0.05) is 21.8 Å². The van der Waals surface area contributed by atoms with E-state index < -0.39 is 5.97 Å². The van der Waals surface area contributed by atoms with Gasteiger partial charge in [0.25, 0.3) is 0 Å². The minimum atomic E-state index is -0.621. The molecule has 1 atom stereocenters. The van der Waals surface area contributed by atoms with Crippen LogP contribution in [0, 0.1) is 13.8 Å². The quantitative estimate of drug-likeness (QED) is 0.255. The molecule has 0 amide bonds. The van der Waals surface area contributed by atoms with Crippen LogP contribution in [0.25, 0.3) is 0 Å². The van der Waals surface area contributed by atoms with Crippen LogP contribution in [-0.2, 0) is 11.3 Å². The molecule has 6 nitrogen and oxygen atoms in total. The van der Waals surface area contributed by atoms with Crippen molar-refractivity contribution in [3.63, 3.8) is 0 Å². The molecule has 0 fully saturated rings. The summed E-state index contributed by atoms with van der Waals surface area (Å²) in [6.07, 6.45) is 1.72. The lowest BCUT2D eigenvalue weighted by molar-refractivity contribution is 0.0474. The lowest BCUT2D eigenvalue weighted by Crippen LogP contribution is -2.33. The summed E-state index contributed by atoms with van der Waals surface area (Å²) in [6.45, 7) is 4.40. The zero-order chi connectivity index (χ0) is 23.5. The van der Waals surface area contributed by atoms with E-state index in [1.807, 2.05) is 61.1 Å². The number of aromatic nitrogens is 1. The molecule has 0 saturated carbocycles. The van der Waals surface area contributed by atoms with Crippen LogP contribution >= 0.6 is 23.4 Å². The van der Waals surface area contributed by atoms with Gasteiger partial charge in [0.05, 0.1) is 17.1 Å². The van der Waals surface area contributed by atoms with Gasteiger partial charge in [-0.1, -0.05) is 23.7 Å². The number of thioether (sulfide) groups is 1. The molecule has 2 heterocycles. The first-order chi connectivity index (χ1) is 15.9. The number of fused-ring (bicyclic) bond motifs is 1. The van der Waals surface area contributed by atoms with Gasteiger partial charge < -0.3 is 18.8 Å². The summed E-state index contributed by atoms with van der Waals surface area (Å²) in [5.74, 6) is 0.551. The minimum Gasteiger partial charge on any atom is -0.486 e. The Bertz CT molecular complexity index is 1210. The third-order valence-corrected chi connectivity index (χ3v) is 6.61. The van der Waals surface area contributed by atoms with Crippen molar-refractivity contribution in [1.29, 1.82) is 0 Å². The Hall–Kier alpha value is -2.90. The smallest absolute Gasteiger partial charge is 0.340 e. The minimum absolute atomic E-state index is 0.184. The lowest BCUT2D eigenvalue weighted by Gasteiger charge is -2.27. The van der Waals surface area contributed by atoms with E-state index in [-0.39, 0.29) is 24.1 Å². The van der Waals surface area contributed by atoms with Crippen LogP contribution in [0.4, 0.5) is 0 Å². The Morgan fingerprint density at radius 1 is 1.12 bits per heavy atom. The molecule has 1 unspecified atom stereocenters. The molecule has 0 spiro atoms. The van der Waals surface area contributed by atoms with Crippen molar-refractivity contribution >= 4 is 35.1 Å². The Morgan fingerprint density at radius 2 is 1.88 bits per heavy atom. The highest BCUT2D eigenvalue weighted by atomic mass is 35.5. The van der Waals surface area contributed by atoms with Gasteiger partial charge in [-0.05, 0) is 56.5 Å². The highest BCUT2D eigenvalue weighted by Crippen LogP contribution is 2.31. The topological polar surface area (TPSA) is 66.8 Å². The maximum absolute atomic E-state index is 12.8. The number of aryl methyl sites for hydroxylation is 1. The normalized spacial score (nSPS) is 14.7. The first kappa shape index (κ1) is 23.3. The van der Waals surface area contributed by atoms with Crippen molar-refractivity contribution in [1.82, 2.24) is 4.57 Å². The largest absolute Gasteiger partial charge is 0.486 e. The summed E-state index contributed by atoms with van der Waals surface area (Å²) < 4.78 is 19.2. The molecule has 0 N–H and O–H groups in total. The van der Waals surface area contributed by atoms with E-state index in [9.17, 15) is 9.59 Å². The number of halogens is 1. The van der Waals surface area contributed by atoms with Crippen molar-refractivity contribution in [2.24, 2.45) is 0 Å². The summed E-state index contributed by atoms with van der Waals surface area (Å²) in [5, 5.41) is 0.291. The van der Waals surface area contributed by atoms with Crippen molar-refractivity contribution < 1.29 is 23.8 Å². The number of esters is 1. The first-order valence-corrected chi connectivity index (χ1v) is 12.1. The molecule has 1 aromatic heterocycles. The number of ether oxygens (including phenoxy) is 3. The monoisotopic (exact) mass is 485 g/mol. The average molecular weight is 486 g/mol. The molecule has 172 valence electrons. The fourth-order valence-electron chi connectivity index (χ4n) is 3.80. The lowest BCUT2D eigenvalue weighted by atomic mass is 10.1. The van der Waals surface area contributed by atoms with Crippen molar-refractivity contribution in [2.75, 3.05) is 19.5 Å². The van der Waals surface area contributed by atoms with Gasteiger partial charge in [-0.15, -0.1) is 11.8 Å². The predicted molar refractivity (Wildman–Crippen MR) is 128 cm³/mol. The number of ketones is 1. The van der Waals surface area contributed by atoms with Crippen LogP contribution < -0.4 is 9.47 Å². The predicted octanol–water partition coefficient (Wildman–Crippen LogP) is 5.36. The van der Waals surface area contributed by atoms with E-state index in [1.54, 1.807) is 12.1 Å². The Labute approximate surface area is 201 Å². The maximum atomic E-state index is 12.8. The Kier molecular flexibility index (Phi) is 7.00. The zero-order valence-corrected chi connectivity index (χ0v) is 20.2. The third kappa shape index (κ3) is 5.04. The molecule has 0 radical (unpaired) electrons. The molecule has 1 aliphatic heterocycles. The number of rotatable bonds is 7. The maximum Gasteiger partial charge on any atom is 0.340 e. The number of carbonyl (C=O) groups is 2. The zero-order valence-electron chi connectivity index (χ0n) is 18.6. The second-order valence-corrected chi connectivity index (χ2v) is 9.02. The van der Waals surface area contributed by atoms with Crippen LogP contribution in [0.1, 0.15) is 32.1 Å². The van der Waals surface area contributed by atoms with Crippen molar-refractivity contribution in [3.8, 4) is 11.5 Å². The van der Waals surface area contributed by atoms with E-state index in [0.29, 0.717) is 29.5 Å². The molecule has 4 rings (SSSR count). The average Bonchev–Trinajstić information content (AvgIpc) is 3.11. The fraction of sp³-hybridized carbons (Fsp3) is 0.280. The first-order valence-electron chi connectivity index (χ1n) is 10.5. The second-order valence-electron chi connectivity index (χ2n) is 7.74. The molecule has 0 saturated heterocycles. The van der Waals surface area contributed by atoms with Gasteiger partial charge in [0.15, 0.2) is 24.2 Å². The summed E-state index contributed by atoms with van der Waals surface area (Å²) in [4.78, 5) is 26.2. The van der Waals surface area contributed by atoms with Gasteiger partial charge in [-0.3, -0.25) is 4.79 Å². The number of benzene rings is 2. The van der Waals surface area contributed by atoms with Gasteiger partial charge in [-0.2, -0.15) is 0 Å². The van der Waals surface area contributed by atoms with Crippen LogP contribution in [0.2, 0.25) is 5.02 Å². The van der Waals surface area contributed by atoms with E-state index in [1.165, 1.54) is 11.8 Å². The number of para-hydroxylation sites is 2. The molecule has 2 aromatic carbocycles. The SMILES string of the molecule is CSc1ccc(Cl)c(C(=O)OCC(=O)c2cc(C)n(CC3COc4ccccc4O3)c2C)c1. The Balaban J connectivity index is 1.42. The molecule has 1 aliphatic rings. The van der Waals surface area contributed by atoms with Gasteiger partial charge in [-0.25, -0.2) is 4.79 Å². The highest BCUT2D eigenvalue weighted by Gasteiger charge is 2.24. The summed E-state index contributed by atoms with van der Waals surface area (Å²) in [7, 11) is 0. The van der Waals surface area contributed by atoms with E-state index in [0.717, 1.165) is 22.0 Å². The number of carbonyl (C=O) groups excluding carboxylic acids is 2. The highest BCUT2D eigenvalue weighted by molar-refractivity contribution is 7.98. The summed E-state index contributed by atoms with van der Waals surface area (Å²) >= 11 is 7.63. The molecular weight excluding hydrogens is 462 g/mol. The number of hydrogen-bond donors (Lipinski definition) is 0. The molecule has 0 aliphatic carbocycles. The molecule has 8 heteroatoms. The Morgan fingerprint density at radius 3 is 2.64 bits per heavy atom. The summed E-state index contributed by atoms with van der Waals surface area (Å²) in [6, 6.07) is 14.5. The van der Waals surface area contributed by atoms with Crippen LogP contribution in [-0.4, -0.2) is 41.9 Å². The van der Waals surface area contributed by atoms with Gasteiger partial charge >= 0.3 is 5.97 Å². The van der Waals surface area contributed by atoms with Crippen LogP contribution in [0.15, 0.2) is 53.4 Å².